The highest BCUT2D eigenvalue weighted by Crippen LogP contribution is 2.40. The van der Waals surface area contributed by atoms with Gasteiger partial charge in [0.15, 0.2) is 0 Å². The number of carbonyl (C=O) groups excluding carboxylic acids is 1. The molecule has 2 aliphatic heterocycles. The molecular weight excluding hydrogens is 268 g/mol. The van der Waals surface area contributed by atoms with Gasteiger partial charge in [-0.25, -0.2) is 9.59 Å². The Morgan fingerprint density at radius 2 is 1.57 bits per heavy atom. The van der Waals surface area contributed by atoms with Crippen LogP contribution >= 0.6 is 0 Å². The van der Waals surface area contributed by atoms with E-state index in [0.29, 0.717) is 12.3 Å². The van der Waals surface area contributed by atoms with Gasteiger partial charge in [-0.15, -0.1) is 0 Å². The SMILES string of the molecule is O=C(O)[C@@H]1CC2CCCC[C@@H]2N1C(=O)N1CCCCCC1. The molecule has 0 aromatic rings. The molecule has 5 nitrogen and oxygen atoms in total. The van der Waals surface area contributed by atoms with E-state index in [1.165, 1.54) is 19.3 Å². The van der Waals surface area contributed by atoms with E-state index in [0.717, 1.165) is 45.2 Å². The van der Waals surface area contributed by atoms with E-state index in [2.05, 4.69) is 0 Å². The fourth-order valence-electron chi connectivity index (χ4n) is 4.38. The van der Waals surface area contributed by atoms with Gasteiger partial charge < -0.3 is 14.9 Å². The molecule has 0 spiro atoms. The highest BCUT2D eigenvalue weighted by atomic mass is 16.4. The number of likely N-dealkylation sites (tertiary alicyclic amines) is 2. The Morgan fingerprint density at radius 3 is 2.24 bits per heavy atom. The molecule has 2 saturated heterocycles. The highest BCUT2D eigenvalue weighted by molar-refractivity contribution is 5.84. The lowest BCUT2D eigenvalue weighted by molar-refractivity contribution is -0.141. The number of fused-ring (bicyclic) bond motifs is 1. The molecule has 3 fully saturated rings. The first kappa shape index (κ1) is 14.7. The fourth-order valence-corrected chi connectivity index (χ4v) is 4.38. The molecule has 2 amide bonds. The summed E-state index contributed by atoms with van der Waals surface area (Å²) < 4.78 is 0. The van der Waals surface area contributed by atoms with Gasteiger partial charge in [-0.2, -0.15) is 0 Å². The summed E-state index contributed by atoms with van der Waals surface area (Å²) in [7, 11) is 0. The molecule has 21 heavy (non-hydrogen) atoms. The lowest BCUT2D eigenvalue weighted by Crippen LogP contribution is -2.52. The van der Waals surface area contributed by atoms with Crippen LogP contribution in [0.3, 0.4) is 0 Å². The average molecular weight is 294 g/mol. The first-order chi connectivity index (χ1) is 10.2. The van der Waals surface area contributed by atoms with Gasteiger partial charge in [-0.1, -0.05) is 25.7 Å². The van der Waals surface area contributed by atoms with Crippen LogP contribution in [0.5, 0.6) is 0 Å². The van der Waals surface area contributed by atoms with Crippen LogP contribution in [0.1, 0.15) is 57.8 Å². The van der Waals surface area contributed by atoms with Crippen molar-refractivity contribution in [2.75, 3.05) is 13.1 Å². The summed E-state index contributed by atoms with van der Waals surface area (Å²) in [5.41, 5.74) is 0. The van der Waals surface area contributed by atoms with Crippen LogP contribution in [0.15, 0.2) is 0 Å². The summed E-state index contributed by atoms with van der Waals surface area (Å²) in [5.74, 6) is -0.427. The van der Waals surface area contributed by atoms with Crippen molar-refractivity contribution in [3.05, 3.63) is 0 Å². The summed E-state index contributed by atoms with van der Waals surface area (Å²) in [6.07, 6.45) is 9.47. The van der Waals surface area contributed by atoms with Gasteiger partial charge in [0.1, 0.15) is 6.04 Å². The summed E-state index contributed by atoms with van der Waals surface area (Å²) in [4.78, 5) is 28.1. The van der Waals surface area contributed by atoms with Crippen molar-refractivity contribution in [2.45, 2.75) is 69.9 Å². The Hall–Kier alpha value is -1.26. The molecule has 1 saturated carbocycles. The van der Waals surface area contributed by atoms with Gasteiger partial charge in [-0.05, 0) is 38.0 Å². The Bertz CT molecular complexity index is 404. The minimum atomic E-state index is -0.826. The number of amides is 2. The van der Waals surface area contributed by atoms with Crippen molar-refractivity contribution in [3.8, 4) is 0 Å². The second-order valence-electron chi connectivity index (χ2n) is 6.79. The maximum absolute atomic E-state index is 12.9. The average Bonchev–Trinajstić information content (AvgIpc) is 2.67. The zero-order valence-corrected chi connectivity index (χ0v) is 12.7. The topological polar surface area (TPSA) is 60.9 Å². The summed E-state index contributed by atoms with van der Waals surface area (Å²) in [5, 5.41) is 9.52. The number of nitrogens with zero attached hydrogens (tertiary/aromatic N) is 2. The molecule has 1 aliphatic carbocycles. The Kier molecular flexibility index (Phi) is 4.36. The second kappa shape index (κ2) is 6.24. The molecule has 118 valence electrons. The van der Waals surface area contributed by atoms with E-state index in [1.807, 2.05) is 4.90 Å². The molecule has 3 aliphatic rings. The van der Waals surface area contributed by atoms with Gasteiger partial charge in [0.05, 0.1) is 0 Å². The largest absolute Gasteiger partial charge is 0.480 e. The molecule has 3 rings (SSSR count). The Labute approximate surface area is 126 Å². The van der Waals surface area contributed by atoms with Crippen molar-refractivity contribution in [1.29, 1.82) is 0 Å². The molecule has 1 N–H and O–H groups in total. The van der Waals surface area contributed by atoms with E-state index < -0.39 is 12.0 Å². The third kappa shape index (κ3) is 2.87. The third-order valence-electron chi connectivity index (χ3n) is 5.47. The smallest absolute Gasteiger partial charge is 0.326 e. The standard InChI is InChI=1S/C16H26N2O3/c19-15(20)14-11-12-7-3-4-8-13(12)18(14)16(21)17-9-5-1-2-6-10-17/h12-14H,1-11H2,(H,19,20)/t12?,13-,14-/m0/s1. The van der Waals surface area contributed by atoms with Crippen molar-refractivity contribution < 1.29 is 14.7 Å². The van der Waals surface area contributed by atoms with E-state index >= 15 is 0 Å². The Morgan fingerprint density at radius 1 is 0.905 bits per heavy atom. The fraction of sp³-hybridized carbons (Fsp3) is 0.875. The van der Waals surface area contributed by atoms with Crippen LogP contribution in [-0.2, 0) is 4.79 Å². The van der Waals surface area contributed by atoms with Crippen molar-refractivity contribution in [2.24, 2.45) is 5.92 Å². The summed E-state index contributed by atoms with van der Waals surface area (Å²) in [6.45, 7) is 1.58. The maximum atomic E-state index is 12.9. The Balaban J connectivity index is 1.78. The number of rotatable bonds is 1. The van der Waals surface area contributed by atoms with Gasteiger partial charge in [0.2, 0.25) is 0 Å². The van der Waals surface area contributed by atoms with Crippen LogP contribution in [0.2, 0.25) is 0 Å². The maximum Gasteiger partial charge on any atom is 0.326 e. The minimum absolute atomic E-state index is 0.0151. The lowest BCUT2D eigenvalue weighted by Gasteiger charge is -2.36. The molecule has 5 heteroatoms. The van der Waals surface area contributed by atoms with Crippen LogP contribution < -0.4 is 0 Å². The number of carbonyl (C=O) groups is 2. The number of aliphatic carboxylic acids is 1. The first-order valence-electron chi connectivity index (χ1n) is 8.48. The van der Waals surface area contributed by atoms with Crippen molar-refractivity contribution in [1.82, 2.24) is 9.80 Å². The molecule has 1 unspecified atom stereocenters. The van der Waals surface area contributed by atoms with Gasteiger partial charge >= 0.3 is 12.0 Å². The van der Waals surface area contributed by atoms with E-state index in [4.69, 9.17) is 0 Å². The molecular formula is C16H26N2O3. The predicted octanol–water partition coefficient (Wildman–Crippen LogP) is 2.70. The number of urea groups is 1. The van der Waals surface area contributed by atoms with E-state index in [-0.39, 0.29) is 12.1 Å². The van der Waals surface area contributed by atoms with Crippen LogP contribution in [-0.4, -0.2) is 52.1 Å². The van der Waals surface area contributed by atoms with Gasteiger partial charge in [0.25, 0.3) is 0 Å². The van der Waals surface area contributed by atoms with E-state index in [1.54, 1.807) is 4.90 Å². The number of hydrogen-bond acceptors (Lipinski definition) is 2. The van der Waals surface area contributed by atoms with Gasteiger partial charge in [-0.3, -0.25) is 0 Å². The molecule has 0 aromatic heterocycles. The predicted molar refractivity (Wildman–Crippen MR) is 79.1 cm³/mol. The molecule has 0 aromatic carbocycles. The van der Waals surface area contributed by atoms with Crippen LogP contribution in [0.25, 0.3) is 0 Å². The van der Waals surface area contributed by atoms with E-state index in [9.17, 15) is 14.7 Å². The monoisotopic (exact) mass is 294 g/mol. The normalized spacial score (nSPS) is 33.4. The second-order valence-corrected chi connectivity index (χ2v) is 6.79. The zero-order chi connectivity index (χ0) is 14.8. The summed E-state index contributed by atoms with van der Waals surface area (Å²) in [6, 6.07) is -0.455. The zero-order valence-electron chi connectivity index (χ0n) is 12.7. The van der Waals surface area contributed by atoms with Crippen LogP contribution in [0.4, 0.5) is 4.79 Å². The molecule has 0 radical (unpaired) electrons. The lowest BCUT2D eigenvalue weighted by atomic mass is 9.85. The summed E-state index contributed by atoms with van der Waals surface area (Å²) >= 11 is 0. The molecule has 3 atom stereocenters. The number of hydrogen-bond donors (Lipinski definition) is 1. The number of carboxylic acids is 1. The van der Waals surface area contributed by atoms with Crippen molar-refractivity contribution >= 4 is 12.0 Å². The molecule has 0 bridgehead atoms. The molecule has 2 heterocycles. The first-order valence-corrected chi connectivity index (χ1v) is 8.48. The van der Waals surface area contributed by atoms with Gasteiger partial charge in [0, 0.05) is 19.1 Å². The van der Waals surface area contributed by atoms with Crippen LogP contribution in [0, 0.1) is 5.92 Å². The quantitative estimate of drug-likeness (QED) is 0.809. The highest BCUT2D eigenvalue weighted by Gasteiger charge is 2.48. The third-order valence-corrected chi connectivity index (χ3v) is 5.47. The van der Waals surface area contributed by atoms with Crippen molar-refractivity contribution in [3.63, 3.8) is 0 Å². The number of carboxylic acid groups (broad SMARTS) is 1. The minimum Gasteiger partial charge on any atom is -0.480 e.